The number of phenolic OH excluding ortho intramolecular Hbond substituents is 1. The summed E-state index contributed by atoms with van der Waals surface area (Å²) in [7, 11) is 1.44. The number of nitrogens with one attached hydrogen (secondary N) is 1. The molecule has 0 heterocycles. The first-order valence-corrected chi connectivity index (χ1v) is 7.34. The zero-order valence-corrected chi connectivity index (χ0v) is 13.7. The summed E-state index contributed by atoms with van der Waals surface area (Å²) in [6.45, 7) is 1.71. The Kier molecular flexibility index (Phi) is 5.67. The summed E-state index contributed by atoms with van der Waals surface area (Å²) in [6, 6.07) is 10.5. The van der Waals surface area contributed by atoms with Gasteiger partial charge in [0.25, 0.3) is 5.69 Å². The van der Waals surface area contributed by atoms with Gasteiger partial charge in [0.1, 0.15) is 0 Å². The van der Waals surface area contributed by atoms with E-state index in [4.69, 9.17) is 4.74 Å². The first-order chi connectivity index (χ1) is 11.9. The van der Waals surface area contributed by atoms with Crippen molar-refractivity contribution < 1.29 is 19.6 Å². The molecular formula is C17H17N3O5. The summed E-state index contributed by atoms with van der Waals surface area (Å²) in [5.41, 5.74) is 4.27. The third-order valence-electron chi connectivity index (χ3n) is 3.46. The largest absolute Gasteiger partial charge is 0.504 e. The van der Waals surface area contributed by atoms with Gasteiger partial charge in [-0.15, -0.1) is 0 Å². The predicted molar refractivity (Wildman–Crippen MR) is 91.8 cm³/mol. The molecule has 0 saturated heterocycles. The molecular weight excluding hydrogens is 326 g/mol. The zero-order valence-electron chi connectivity index (χ0n) is 13.7. The fourth-order valence-corrected chi connectivity index (χ4v) is 2.07. The van der Waals surface area contributed by atoms with Crippen molar-refractivity contribution in [1.29, 1.82) is 0 Å². The normalized spacial score (nSPS) is 11.0. The Bertz CT molecular complexity index is 816. The van der Waals surface area contributed by atoms with Gasteiger partial charge in [-0.25, -0.2) is 5.43 Å². The summed E-state index contributed by atoms with van der Waals surface area (Å²) in [4.78, 5) is 22.0. The van der Waals surface area contributed by atoms with E-state index in [1.54, 1.807) is 19.1 Å². The SMILES string of the molecule is COc1cc(/C(C)=N/NC(=O)Cc2ccc([N+](=O)[O-])cc2)ccc1O. The second-order valence-corrected chi connectivity index (χ2v) is 5.22. The molecule has 0 aliphatic rings. The first-order valence-electron chi connectivity index (χ1n) is 7.34. The molecule has 0 atom stereocenters. The highest BCUT2D eigenvalue weighted by Crippen LogP contribution is 2.26. The second kappa shape index (κ2) is 7.91. The number of aromatic hydroxyl groups is 1. The van der Waals surface area contributed by atoms with E-state index in [-0.39, 0.29) is 23.8 Å². The quantitative estimate of drug-likeness (QED) is 0.475. The Morgan fingerprint density at radius 2 is 1.96 bits per heavy atom. The van der Waals surface area contributed by atoms with Crippen molar-refractivity contribution in [3.8, 4) is 11.5 Å². The van der Waals surface area contributed by atoms with Gasteiger partial charge in [-0.3, -0.25) is 14.9 Å². The van der Waals surface area contributed by atoms with E-state index in [2.05, 4.69) is 10.5 Å². The van der Waals surface area contributed by atoms with E-state index in [0.717, 1.165) is 0 Å². The maximum Gasteiger partial charge on any atom is 0.269 e. The Morgan fingerprint density at radius 1 is 1.28 bits per heavy atom. The van der Waals surface area contributed by atoms with Crippen LogP contribution in [-0.2, 0) is 11.2 Å². The van der Waals surface area contributed by atoms with Crippen molar-refractivity contribution in [3.63, 3.8) is 0 Å². The molecule has 0 aliphatic carbocycles. The van der Waals surface area contributed by atoms with Crippen molar-refractivity contribution in [2.75, 3.05) is 7.11 Å². The molecule has 2 N–H and O–H groups in total. The monoisotopic (exact) mass is 343 g/mol. The maximum atomic E-state index is 11.9. The van der Waals surface area contributed by atoms with Crippen LogP contribution in [0.1, 0.15) is 18.1 Å². The van der Waals surface area contributed by atoms with Crippen LogP contribution in [-0.4, -0.2) is 28.8 Å². The average molecular weight is 343 g/mol. The Labute approximate surface area is 143 Å². The predicted octanol–water partition coefficient (Wildman–Crippen LogP) is 2.39. The summed E-state index contributed by atoms with van der Waals surface area (Å²) in [5.74, 6) is -0.0236. The molecule has 0 spiro atoms. The molecule has 25 heavy (non-hydrogen) atoms. The lowest BCUT2D eigenvalue weighted by Crippen LogP contribution is -2.21. The number of hydrogen-bond donors (Lipinski definition) is 2. The fourth-order valence-electron chi connectivity index (χ4n) is 2.07. The molecule has 2 aromatic carbocycles. The van der Waals surface area contributed by atoms with Gasteiger partial charge >= 0.3 is 0 Å². The van der Waals surface area contributed by atoms with E-state index in [0.29, 0.717) is 22.6 Å². The van der Waals surface area contributed by atoms with Gasteiger partial charge in [-0.05, 0) is 30.7 Å². The highest BCUT2D eigenvalue weighted by Gasteiger charge is 2.08. The standard InChI is InChI=1S/C17H17N3O5/c1-11(13-5-8-15(21)16(10-13)25-2)18-19-17(22)9-12-3-6-14(7-4-12)20(23)24/h3-8,10,21H,9H2,1-2H3,(H,19,22)/b18-11+. The summed E-state index contributed by atoms with van der Waals surface area (Å²) in [5, 5.41) is 24.2. The van der Waals surface area contributed by atoms with Crippen LogP contribution in [0, 0.1) is 10.1 Å². The number of amides is 1. The number of non-ortho nitro benzene ring substituents is 1. The van der Waals surface area contributed by atoms with Crippen LogP contribution < -0.4 is 10.2 Å². The molecule has 0 fully saturated rings. The second-order valence-electron chi connectivity index (χ2n) is 5.22. The van der Waals surface area contributed by atoms with E-state index in [9.17, 15) is 20.0 Å². The molecule has 130 valence electrons. The molecule has 0 aliphatic heterocycles. The topological polar surface area (TPSA) is 114 Å². The first kappa shape index (κ1) is 17.9. The number of nitro benzene ring substituents is 1. The molecule has 0 radical (unpaired) electrons. The number of carbonyl (C=O) groups is 1. The van der Waals surface area contributed by atoms with Crippen molar-refractivity contribution in [1.82, 2.24) is 5.43 Å². The minimum Gasteiger partial charge on any atom is -0.504 e. The Hall–Kier alpha value is -3.42. The van der Waals surface area contributed by atoms with Gasteiger partial charge in [0, 0.05) is 17.7 Å². The lowest BCUT2D eigenvalue weighted by atomic mass is 10.1. The van der Waals surface area contributed by atoms with E-state index in [1.165, 1.54) is 37.4 Å². The maximum absolute atomic E-state index is 11.9. The lowest BCUT2D eigenvalue weighted by molar-refractivity contribution is -0.384. The molecule has 1 amide bonds. The number of ether oxygens (including phenoxy) is 1. The minimum atomic E-state index is -0.497. The molecule has 2 aromatic rings. The average Bonchev–Trinajstić information content (AvgIpc) is 2.60. The molecule has 8 nitrogen and oxygen atoms in total. The Morgan fingerprint density at radius 3 is 2.56 bits per heavy atom. The lowest BCUT2D eigenvalue weighted by Gasteiger charge is -2.07. The van der Waals surface area contributed by atoms with Gasteiger partial charge in [0.2, 0.25) is 5.91 Å². The number of rotatable bonds is 6. The third-order valence-corrected chi connectivity index (χ3v) is 3.46. The number of benzene rings is 2. The van der Waals surface area contributed by atoms with Crippen LogP contribution in [0.4, 0.5) is 5.69 Å². The van der Waals surface area contributed by atoms with Crippen LogP contribution >= 0.6 is 0 Å². The van der Waals surface area contributed by atoms with E-state index >= 15 is 0 Å². The molecule has 2 rings (SSSR count). The number of carbonyl (C=O) groups excluding carboxylic acids is 1. The van der Waals surface area contributed by atoms with Crippen molar-refractivity contribution >= 4 is 17.3 Å². The molecule has 0 saturated carbocycles. The van der Waals surface area contributed by atoms with Crippen LogP contribution in [0.3, 0.4) is 0 Å². The molecule has 8 heteroatoms. The minimum absolute atomic E-state index is 0.0151. The number of nitro groups is 1. The smallest absolute Gasteiger partial charge is 0.269 e. The highest BCUT2D eigenvalue weighted by molar-refractivity contribution is 5.99. The number of hydrazone groups is 1. The molecule has 0 aromatic heterocycles. The number of hydrogen-bond acceptors (Lipinski definition) is 6. The van der Waals surface area contributed by atoms with Gasteiger partial charge in [0.05, 0.1) is 24.2 Å². The third kappa shape index (κ3) is 4.77. The van der Waals surface area contributed by atoms with Crippen molar-refractivity contribution in [2.45, 2.75) is 13.3 Å². The Balaban J connectivity index is 2.00. The van der Waals surface area contributed by atoms with Crippen LogP contribution in [0.2, 0.25) is 0 Å². The van der Waals surface area contributed by atoms with Crippen molar-refractivity contribution in [3.05, 3.63) is 63.7 Å². The van der Waals surface area contributed by atoms with Crippen LogP contribution in [0.25, 0.3) is 0 Å². The highest BCUT2D eigenvalue weighted by atomic mass is 16.6. The summed E-state index contributed by atoms with van der Waals surface area (Å²) in [6.07, 6.45) is 0.0493. The molecule has 0 unspecified atom stereocenters. The van der Waals surface area contributed by atoms with Gasteiger partial charge in [0.15, 0.2) is 11.5 Å². The van der Waals surface area contributed by atoms with Crippen LogP contribution in [0.5, 0.6) is 11.5 Å². The molecule has 0 bridgehead atoms. The summed E-state index contributed by atoms with van der Waals surface area (Å²) >= 11 is 0. The summed E-state index contributed by atoms with van der Waals surface area (Å²) < 4.78 is 5.03. The van der Waals surface area contributed by atoms with Gasteiger partial charge < -0.3 is 9.84 Å². The van der Waals surface area contributed by atoms with Crippen molar-refractivity contribution in [2.24, 2.45) is 5.10 Å². The number of phenols is 1. The van der Waals surface area contributed by atoms with Gasteiger partial charge in [-0.1, -0.05) is 12.1 Å². The number of nitrogens with zero attached hydrogens (tertiary/aromatic N) is 2. The van der Waals surface area contributed by atoms with E-state index in [1.807, 2.05) is 0 Å². The van der Waals surface area contributed by atoms with Crippen LogP contribution in [0.15, 0.2) is 47.6 Å². The van der Waals surface area contributed by atoms with E-state index < -0.39 is 4.92 Å². The van der Waals surface area contributed by atoms with Gasteiger partial charge in [-0.2, -0.15) is 5.10 Å². The number of methoxy groups -OCH3 is 1. The zero-order chi connectivity index (χ0) is 18.4. The fraction of sp³-hybridized carbons (Fsp3) is 0.176.